The van der Waals surface area contributed by atoms with Crippen molar-refractivity contribution in [2.24, 2.45) is 0 Å². The van der Waals surface area contributed by atoms with Crippen molar-refractivity contribution < 1.29 is 10.0 Å². The number of phenols is 1. The molecule has 0 aliphatic heterocycles. The Hall–Kier alpha value is -2.56. The summed E-state index contributed by atoms with van der Waals surface area (Å²) in [5.74, 6) is 0.254. The van der Waals surface area contributed by atoms with Crippen LogP contribution in [-0.4, -0.2) is 10.0 Å². The smallest absolute Gasteiger partial charge is 0.274 e. The summed E-state index contributed by atoms with van der Waals surface area (Å²) < 4.78 is 0. The average Bonchev–Trinajstić information content (AvgIpc) is 2.41. The van der Waals surface area contributed by atoms with Gasteiger partial charge in [-0.15, -0.1) is 0 Å². The number of para-hydroxylation sites is 1. The second-order valence-electron chi connectivity index (χ2n) is 5.15. The van der Waals surface area contributed by atoms with Gasteiger partial charge in [0.1, 0.15) is 5.75 Å². The maximum Gasteiger partial charge on any atom is 0.274 e. The van der Waals surface area contributed by atoms with Crippen LogP contribution in [0.1, 0.15) is 22.3 Å². The first-order valence-electron chi connectivity index (χ1n) is 6.67. The molecule has 0 aliphatic carbocycles. The molecular formula is C16H18N2O3. The van der Waals surface area contributed by atoms with E-state index in [1.54, 1.807) is 13.0 Å². The monoisotopic (exact) mass is 286 g/mol. The number of nitro groups is 1. The first-order chi connectivity index (χ1) is 9.90. The number of benzene rings is 2. The van der Waals surface area contributed by atoms with Crippen LogP contribution in [0.4, 0.5) is 11.4 Å². The molecule has 0 spiro atoms. The lowest BCUT2D eigenvalue weighted by atomic mass is 10.1. The number of rotatable bonds is 4. The van der Waals surface area contributed by atoms with E-state index in [1.165, 1.54) is 6.07 Å². The minimum atomic E-state index is -0.385. The van der Waals surface area contributed by atoms with Crippen molar-refractivity contribution in [1.29, 1.82) is 0 Å². The summed E-state index contributed by atoms with van der Waals surface area (Å²) in [5.41, 5.74) is 3.94. The number of nitrogens with zero attached hydrogens (tertiary/aromatic N) is 1. The molecule has 2 N–H and O–H groups in total. The predicted octanol–water partition coefficient (Wildman–Crippen LogP) is 3.84. The Kier molecular flexibility index (Phi) is 4.12. The normalized spacial score (nSPS) is 10.4. The summed E-state index contributed by atoms with van der Waals surface area (Å²) in [4.78, 5) is 10.6. The van der Waals surface area contributed by atoms with E-state index in [0.717, 1.165) is 16.7 Å². The fourth-order valence-corrected chi connectivity index (χ4v) is 2.28. The molecule has 0 unspecified atom stereocenters. The molecule has 0 aromatic heterocycles. The fraction of sp³-hybridized carbons (Fsp3) is 0.250. The third kappa shape index (κ3) is 3.13. The summed E-state index contributed by atoms with van der Waals surface area (Å²) in [7, 11) is 0. The highest BCUT2D eigenvalue weighted by Gasteiger charge is 2.13. The second-order valence-corrected chi connectivity index (χ2v) is 5.15. The zero-order chi connectivity index (χ0) is 15.6. The summed E-state index contributed by atoms with van der Waals surface area (Å²) in [6.07, 6.45) is 0. The molecule has 2 aromatic rings. The number of anilines is 1. The fourth-order valence-electron chi connectivity index (χ4n) is 2.28. The van der Waals surface area contributed by atoms with Crippen LogP contribution >= 0.6 is 0 Å². The minimum Gasteiger partial charge on any atom is -0.507 e. The van der Waals surface area contributed by atoms with Crippen LogP contribution in [-0.2, 0) is 6.54 Å². The number of nitrogens with one attached hydrogen (secondary N) is 1. The van der Waals surface area contributed by atoms with Gasteiger partial charge in [0.15, 0.2) is 0 Å². The van der Waals surface area contributed by atoms with E-state index in [4.69, 9.17) is 0 Å². The van der Waals surface area contributed by atoms with E-state index < -0.39 is 0 Å². The topological polar surface area (TPSA) is 75.4 Å². The van der Waals surface area contributed by atoms with Gasteiger partial charge in [0.05, 0.1) is 4.92 Å². The van der Waals surface area contributed by atoms with Crippen LogP contribution in [0.3, 0.4) is 0 Å². The lowest BCUT2D eigenvalue weighted by molar-refractivity contribution is -0.385. The SMILES string of the molecule is Cc1cc(C)c([N+](=O)[O-])cc1NCc1cccc(C)c1O. The quantitative estimate of drug-likeness (QED) is 0.661. The third-order valence-electron chi connectivity index (χ3n) is 3.53. The molecule has 0 heterocycles. The van der Waals surface area contributed by atoms with E-state index in [0.29, 0.717) is 17.8 Å². The summed E-state index contributed by atoms with van der Waals surface area (Å²) in [5, 5.41) is 24.1. The van der Waals surface area contributed by atoms with Crippen LogP contribution in [0.2, 0.25) is 0 Å². The van der Waals surface area contributed by atoms with Crippen molar-refractivity contribution in [1.82, 2.24) is 0 Å². The number of hydrogen-bond acceptors (Lipinski definition) is 4. The van der Waals surface area contributed by atoms with Crippen molar-refractivity contribution in [3.05, 3.63) is 62.7 Å². The van der Waals surface area contributed by atoms with Crippen molar-refractivity contribution in [3.63, 3.8) is 0 Å². The molecule has 5 heteroatoms. The molecule has 0 saturated carbocycles. The first-order valence-corrected chi connectivity index (χ1v) is 6.67. The molecule has 2 rings (SSSR count). The minimum absolute atomic E-state index is 0.0940. The highest BCUT2D eigenvalue weighted by Crippen LogP contribution is 2.28. The lowest BCUT2D eigenvalue weighted by Gasteiger charge is -2.12. The van der Waals surface area contributed by atoms with Gasteiger partial charge in [-0.3, -0.25) is 10.1 Å². The Morgan fingerprint density at radius 1 is 1.14 bits per heavy atom. The van der Waals surface area contributed by atoms with Crippen molar-refractivity contribution in [2.45, 2.75) is 27.3 Å². The van der Waals surface area contributed by atoms with Crippen molar-refractivity contribution in [3.8, 4) is 5.75 Å². The van der Waals surface area contributed by atoms with Crippen LogP contribution in [0.5, 0.6) is 5.75 Å². The van der Waals surface area contributed by atoms with E-state index in [-0.39, 0.29) is 16.4 Å². The Labute approximate surface area is 123 Å². The average molecular weight is 286 g/mol. The number of nitro benzene ring substituents is 1. The third-order valence-corrected chi connectivity index (χ3v) is 3.53. The second kappa shape index (κ2) is 5.83. The molecule has 110 valence electrons. The summed E-state index contributed by atoms with van der Waals surface area (Å²) in [6.45, 7) is 5.87. The summed E-state index contributed by atoms with van der Waals surface area (Å²) >= 11 is 0. The van der Waals surface area contributed by atoms with E-state index in [1.807, 2.05) is 32.0 Å². The zero-order valence-corrected chi connectivity index (χ0v) is 12.3. The highest BCUT2D eigenvalue weighted by molar-refractivity contribution is 5.60. The van der Waals surface area contributed by atoms with Gasteiger partial charge >= 0.3 is 0 Å². The van der Waals surface area contributed by atoms with Gasteiger partial charge in [0.25, 0.3) is 5.69 Å². The van der Waals surface area contributed by atoms with Crippen LogP contribution < -0.4 is 5.32 Å². The molecule has 0 bridgehead atoms. The first kappa shape index (κ1) is 14.8. The summed E-state index contributed by atoms with van der Waals surface area (Å²) in [6, 6.07) is 8.86. The number of phenolic OH excluding ortho intramolecular Hbond substituents is 1. The number of aryl methyl sites for hydroxylation is 3. The Morgan fingerprint density at radius 2 is 1.86 bits per heavy atom. The molecular weight excluding hydrogens is 268 g/mol. The standard InChI is InChI=1S/C16H18N2O3/c1-10-5-4-6-13(16(10)19)9-17-14-8-15(18(20)21)12(3)7-11(14)2/h4-8,17,19H,9H2,1-3H3. The van der Waals surface area contributed by atoms with Crippen LogP contribution in [0, 0.1) is 30.9 Å². The van der Waals surface area contributed by atoms with Gasteiger partial charge in [-0.1, -0.05) is 18.2 Å². The Morgan fingerprint density at radius 3 is 2.52 bits per heavy atom. The molecule has 0 fully saturated rings. The van der Waals surface area contributed by atoms with Gasteiger partial charge in [-0.05, 0) is 38.0 Å². The zero-order valence-electron chi connectivity index (χ0n) is 12.3. The molecule has 0 aliphatic rings. The van der Waals surface area contributed by atoms with Crippen molar-refractivity contribution >= 4 is 11.4 Å². The molecule has 0 amide bonds. The van der Waals surface area contributed by atoms with Gasteiger partial charge in [0, 0.05) is 29.4 Å². The molecule has 2 aromatic carbocycles. The van der Waals surface area contributed by atoms with Gasteiger partial charge in [0.2, 0.25) is 0 Å². The van der Waals surface area contributed by atoms with Gasteiger partial charge in [-0.25, -0.2) is 0 Å². The van der Waals surface area contributed by atoms with Crippen molar-refractivity contribution in [2.75, 3.05) is 5.32 Å². The van der Waals surface area contributed by atoms with E-state index >= 15 is 0 Å². The Balaban J connectivity index is 2.26. The van der Waals surface area contributed by atoms with Crippen LogP contribution in [0.25, 0.3) is 0 Å². The molecule has 0 atom stereocenters. The maximum atomic E-state index is 11.0. The van der Waals surface area contributed by atoms with E-state index in [2.05, 4.69) is 5.32 Å². The number of hydrogen-bond donors (Lipinski definition) is 2. The van der Waals surface area contributed by atoms with Gasteiger partial charge in [-0.2, -0.15) is 0 Å². The van der Waals surface area contributed by atoms with Crippen LogP contribution in [0.15, 0.2) is 30.3 Å². The predicted molar refractivity (Wildman–Crippen MR) is 82.7 cm³/mol. The lowest BCUT2D eigenvalue weighted by Crippen LogP contribution is -2.03. The highest BCUT2D eigenvalue weighted by atomic mass is 16.6. The number of aromatic hydroxyl groups is 1. The van der Waals surface area contributed by atoms with Gasteiger partial charge < -0.3 is 10.4 Å². The van der Waals surface area contributed by atoms with E-state index in [9.17, 15) is 15.2 Å². The Bertz CT molecular complexity index is 696. The largest absolute Gasteiger partial charge is 0.507 e. The maximum absolute atomic E-state index is 11.0. The molecule has 0 radical (unpaired) electrons. The molecule has 5 nitrogen and oxygen atoms in total. The molecule has 0 saturated heterocycles. The molecule has 21 heavy (non-hydrogen) atoms.